The van der Waals surface area contributed by atoms with Crippen molar-refractivity contribution in [3.05, 3.63) is 0 Å². The molecule has 0 aliphatic rings. The molecule has 3 N–H and O–H groups in total. The van der Waals surface area contributed by atoms with Crippen LogP contribution in [0.1, 0.15) is 13.8 Å². The smallest absolute Gasteiger partial charge is 0.330 e. The molecule has 0 heterocycles. The molecular formula is C8H16F4N2O. The van der Waals surface area contributed by atoms with E-state index < -0.39 is 19.0 Å². The molecule has 0 spiro atoms. The Kier molecular flexibility index (Phi) is 6.07. The van der Waals surface area contributed by atoms with Gasteiger partial charge in [0.05, 0.1) is 6.61 Å². The van der Waals surface area contributed by atoms with Gasteiger partial charge in [0.1, 0.15) is 6.61 Å². The van der Waals surface area contributed by atoms with Crippen LogP contribution in [0.25, 0.3) is 0 Å². The van der Waals surface area contributed by atoms with Gasteiger partial charge in [-0.15, -0.1) is 0 Å². The minimum atomic E-state index is -4.10. The Morgan fingerprint density at radius 2 is 1.87 bits per heavy atom. The number of rotatable bonds is 7. The average molecular weight is 232 g/mol. The van der Waals surface area contributed by atoms with Gasteiger partial charge in [-0.1, -0.05) is 13.8 Å². The molecule has 15 heavy (non-hydrogen) atoms. The van der Waals surface area contributed by atoms with Crippen LogP contribution in [0.5, 0.6) is 0 Å². The maximum absolute atomic E-state index is 12.4. The lowest BCUT2D eigenvalue weighted by Crippen LogP contribution is -2.43. The largest absolute Gasteiger partial charge is 0.373 e. The van der Waals surface area contributed by atoms with Crippen molar-refractivity contribution in [1.29, 1.82) is 0 Å². The molecule has 0 aromatic carbocycles. The van der Waals surface area contributed by atoms with Crippen molar-refractivity contribution < 1.29 is 22.3 Å². The molecule has 0 rings (SSSR count). The third kappa shape index (κ3) is 5.29. The molecule has 0 radical (unpaired) electrons. The SMILES string of the molecule is CC(C)C(COCC(F)(F)C(F)F)NN. The summed E-state index contributed by atoms with van der Waals surface area (Å²) in [6.07, 6.45) is -3.71. The minimum absolute atomic E-state index is 0.0650. The van der Waals surface area contributed by atoms with Crippen molar-refractivity contribution in [2.24, 2.45) is 11.8 Å². The fraction of sp³-hybridized carbons (Fsp3) is 1.00. The first-order valence-corrected chi connectivity index (χ1v) is 4.51. The van der Waals surface area contributed by atoms with Gasteiger partial charge in [-0.05, 0) is 5.92 Å². The van der Waals surface area contributed by atoms with Gasteiger partial charge in [0.2, 0.25) is 0 Å². The first kappa shape index (κ1) is 14.6. The summed E-state index contributed by atoms with van der Waals surface area (Å²) in [5.41, 5.74) is 2.36. The molecule has 0 amide bonds. The first-order valence-electron chi connectivity index (χ1n) is 4.51. The van der Waals surface area contributed by atoms with Crippen molar-refractivity contribution in [3.8, 4) is 0 Å². The predicted octanol–water partition coefficient (Wildman–Crippen LogP) is 1.39. The highest BCUT2D eigenvalue weighted by Gasteiger charge is 2.41. The predicted molar refractivity (Wildman–Crippen MR) is 47.7 cm³/mol. The monoisotopic (exact) mass is 232 g/mol. The van der Waals surface area contributed by atoms with Crippen molar-refractivity contribution in [2.45, 2.75) is 32.2 Å². The second kappa shape index (κ2) is 6.24. The Morgan fingerprint density at radius 1 is 1.33 bits per heavy atom. The molecule has 3 nitrogen and oxygen atoms in total. The van der Waals surface area contributed by atoms with E-state index >= 15 is 0 Å². The van der Waals surface area contributed by atoms with Crippen molar-refractivity contribution >= 4 is 0 Å². The van der Waals surface area contributed by atoms with Crippen molar-refractivity contribution in [1.82, 2.24) is 5.43 Å². The van der Waals surface area contributed by atoms with Gasteiger partial charge in [-0.3, -0.25) is 11.3 Å². The number of hydrazine groups is 1. The summed E-state index contributed by atoms with van der Waals surface area (Å²) < 4.78 is 52.7. The maximum Gasteiger partial charge on any atom is 0.330 e. The van der Waals surface area contributed by atoms with Gasteiger partial charge in [0.15, 0.2) is 0 Å². The van der Waals surface area contributed by atoms with Gasteiger partial charge >= 0.3 is 12.3 Å². The molecule has 0 aromatic rings. The second-order valence-corrected chi connectivity index (χ2v) is 3.59. The minimum Gasteiger partial charge on any atom is -0.373 e. The van der Waals surface area contributed by atoms with E-state index in [0.717, 1.165) is 0 Å². The Balaban J connectivity index is 3.87. The summed E-state index contributed by atoms with van der Waals surface area (Å²) in [5, 5.41) is 0. The topological polar surface area (TPSA) is 47.3 Å². The van der Waals surface area contributed by atoms with Gasteiger partial charge in [0.25, 0.3) is 0 Å². The van der Waals surface area contributed by atoms with Crippen LogP contribution in [0.3, 0.4) is 0 Å². The molecule has 0 aliphatic heterocycles. The standard InChI is InChI=1S/C8H16F4N2O/c1-5(2)6(14-13)3-15-4-8(11,12)7(9)10/h5-7,14H,3-4,13H2,1-2H3. The number of nitrogens with one attached hydrogen (secondary N) is 1. The highest BCUT2D eigenvalue weighted by Crippen LogP contribution is 2.22. The fourth-order valence-corrected chi connectivity index (χ4v) is 0.818. The van der Waals surface area contributed by atoms with E-state index in [1.807, 2.05) is 0 Å². The van der Waals surface area contributed by atoms with Gasteiger partial charge in [-0.25, -0.2) is 8.78 Å². The Labute approximate surface area is 85.9 Å². The molecule has 0 bridgehead atoms. The molecule has 1 unspecified atom stereocenters. The fourth-order valence-electron chi connectivity index (χ4n) is 0.818. The zero-order valence-corrected chi connectivity index (χ0v) is 8.64. The number of ether oxygens (including phenoxy) is 1. The molecule has 0 aliphatic carbocycles. The van der Waals surface area contributed by atoms with Crippen LogP contribution in [-0.2, 0) is 4.74 Å². The molecule has 92 valence electrons. The quantitative estimate of drug-likeness (QED) is 0.396. The highest BCUT2D eigenvalue weighted by atomic mass is 19.3. The Bertz CT molecular complexity index is 178. The Hall–Kier alpha value is -0.400. The second-order valence-electron chi connectivity index (χ2n) is 3.59. The van der Waals surface area contributed by atoms with E-state index in [1.54, 1.807) is 13.8 Å². The van der Waals surface area contributed by atoms with Gasteiger partial charge in [-0.2, -0.15) is 8.78 Å². The third-order valence-electron chi connectivity index (χ3n) is 1.93. The van der Waals surface area contributed by atoms with E-state index in [2.05, 4.69) is 10.2 Å². The molecule has 0 saturated carbocycles. The zero-order valence-electron chi connectivity index (χ0n) is 8.64. The van der Waals surface area contributed by atoms with Crippen molar-refractivity contribution in [3.63, 3.8) is 0 Å². The average Bonchev–Trinajstić information content (AvgIpc) is 2.11. The summed E-state index contributed by atoms with van der Waals surface area (Å²) in [7, 11) is 0. The lowest BCUT2D eigenvalue weighted by molar-refractivity contribution is -0.167. The summed E-state index contributed by atoms with van der Waals surface area (Å²) >= 11 is 0. The molecule has 1 atom stereocenters. The zero-order chi connectivity index (χ0) is 12.1. The van der Waals surface area contributed by atoms with Crippen LogP contribution in [0.4, 0.5) is 17.6 Å². The maximum atomic E-state index is 12.4. The number of nitrogens with two attached hydrogens (primary N) is 1. The molecule has 7 heteroatoms. The summed E-state index contributed by atoms with van der Waals surface area (Å²) in [5.74, 6) is 1.08. The summed E-state index contributed by atoms with van der Waals surface area (Å²) in [6, 6.07) is -0.335. The summed E-state index contributed by atoms with van der Waals surface area (Å²) in [4.78, 5) is 0. The van der Waals surface area contributed by atoms with Gasteiger partial charge < -0.3 is 4.74 Å². The van der Waals surface area contributed by atoms with Crippen LogP contribution in [0, 0.1) is 5.92 Å². The van der Waals surface area contributed by atoms with Crippen LogP contribution in [0.2, 0.25) is 0 Å². The van der Waals surface area contributed by atoms with Crippen LogP contribution < -0.4 is 11.3 Å². The van der Waals surface area contributed by atoms with Crippen LogP contribution in [-0.4, -0.2) is 31.6 Å². The molecular weight excluding hydrogens is 216 g/mol. The first-order chi connectivity index (χ1) is 6.81. The number of alkyl halides is 4. The molecule has 0 saturated heterocycles. The summed E-state index contributed by atoms with van der Waals surface area (Å²) in [6.45, 7) is 2.18. The van der Waals surface area contributed by atoms with E-state index in [-0.39, 0.29) is 18.6 Å². The van der Waals surface area contributed by atoms with Crippen LogP contribution >= 0.6 is 0 Å². The van der Waals surface area contributed by atoms with Crippen molar-refractivity contribution in [2.75, 3.05) is 13.2 Å². The normalized spacial score (nSPS) is 15.0. The lowest BCUT2D eigenvalue weighted by Gasteiger charge is -2.21. The molecule has 0 fully saturated rings. The van der Waals surface area contributed by atoms with Crippen LogP contribution in [0.15, 0.2) is 0 Å². The van der Waals surface area contributed by atoms with Gasteiger partial charge in [0, 0.05) is 6.04 Å². The molecule has 0 aromatic heterocycles. The van der Waals surface area contributed by atoms with E-state index in [1.165, 1.54) is 0 Å². The number of halogens is 4. The number of hydrogen-bond acceptors (Lipinski definition) is 3. The highest BCUT2D eigenvalue weighted by molar-refractivity contribution is 4.70. The lowest BCUT2D eigenvalue weighted by atomic mass is 10.1. The Morgan fingerprint density at radius 3 is 2.20 bits per heavy atom. The van der Waals surface area contributed by atoms with E-state index in [0.29, 0.717) is 0 Å². The van der Waals surface area contributed by atoms with E-state index in [9.17, 15) is 17.6 Å². The third-order valence-corrected chi connectivity index (χ3v) is 1.93. The number of hydrogen-bond donors (Lipinski definition) is 2. The van der Waals surface area contributed by atoms with E-state index in [4.69, 9.17) is 5.84 Å².